The number of hydrogen-bond acceptors (Lipinski definition) is 4. The maximum atomic E-state index is 12.5. The molecule has 1 unspecified atom stereocenters. The molecule has 8 heteroatoms. The Morgan fingerprint density at radius 1 is 1.44 bits per heavy atom. The molecule has 1 atom stereocenters. The van der Waals surface area contributed by atoms with E-state index in [0.29, 0.717) is 38.3 Å². The summed E-state index contributed by atoms with van der Waals surface area (Å²) in [6.45, 7) is 3.30. The first kappa shape index (κ1) is 18.6. The van der Waals surface area contributed by atoms with Crippen LogP contribution in [0.5, 0.6) is 5.75 Å². The maximum Gasteiger partial charge on any atom is 0.304 e. The Hall–Kier alpha value is -2.77. The second kappa shape index (κ2) is 8.36. The van der Waals surface area contributed by atoms with Gasteiger partial charge in [0.1, 0.15) is 5.75 Å². The molecule has 1 heterocycles. The standard InChI is InChI=1S/C17H24N4O4/c1-2-21-14-10-13(25-7-3-6-20-17(18)19)5-4-11(14)8-12(16(21)24)9-15(22)23/h4-5,10,12H,2-3,6-9H2,1H3,(H,22,23)(H4,18,19,20). The lowest BCUT2D eigenvalue weighted by Gasteiger charge is -2.33. The van der Waals surface area contributed by atoms with Crippen LogP contribution in [0.25, 0.3) is 0 Å². The minimum absolute atomic E-state index is 0.0572. The summed E-state index contributed by atoms with van der Waals surface area (Å²) < 4.78 is 5.69. The van der Waals surface area contributed by atoms with E-state index in [1.54, 1.807) is 4.90 Å². The van der Waals surface area contributed by atoms with Gasteiger partial charge in [-0.15, -0.1) is 0 Å². The summed E-state index contributed by atoms with van der Waals surface area (Å²) in [5.74, 6) is -0.912. The molecule has 0 aliphatic carbocycles. The number of carboxylic acids is 1. The van der Waals surface area contributed by atoms with Crippen molar-refractivity contribution in [2.75, 3.05) is 24.6 Å². The third-order valence-electron chi connectivity index (χ3n) is 4.03. The van der Waals surface area contributed by atoms with Crippen LogP contribution in [0.15, 0.2) is 23.2 Å². The Balaban J connectivity index is 2.08. The monoisotopic (exact) mass is 348 g/mol. The highest BCUT2D eigenvalue weighted by molar-refractivity contribution is 5.99. The molecule has 136 valence electrons. The van der Waals surface area contributed by atoms with E-state index in [1.807, 2.05) is 25.1 Å². The molecule has 0 spiro atoms. The minimum Gasteiger partial charge on any atom is -0.493 e. The van der Waals surface area contributed by atoms with Crippen molar-refractivity contribution >= 4 is 23.5 Å². The van der Waals surface area contributed by atoms with Gasteiger partial charge in [0.2, 0.25) is 5.91 Å². The number of amides is 1. The number of nitrogens with zero attached hydrogens (tertiary/aromatic N) is 2. The number of fused-ring (bicyclic) bond motifs is 1. The summed E-state index contributed by atoms with van der Waals surface area (Å²) in [6, 6.07) is 5.56. The Labute approximate surface area is 146 Å². The third kappa shape index (κ3) is 4.85. The topological polar surface area (TPSA) is 131 Å². The number of anilines is 1. The molecule has 0 saturated heterocycles. The number of nitrogens with two attached hydrogens (primary N) is 2. The van der Waals surface area contributed by atoms with Crippen LogP contribution in [0.4, 0.5) is 5.69 Å². The van der Waals surface area contributed by atoms with Gasteiger partial charge in [-0.3, -0.25) is 14.6 Å². The van der Waals surface area contributed by atoms with Crippen LogP contribution in [0.2, 0.25) is 0 Å². The predicted octanol–water partition coefficient (Wildman–Crippen LogP) is 0.729. The minimum atomic E-state index is -0.960. The molecule has 1 amide bonds. The molecule has 25 heavy (non-hydrogen) atoms. The number of guanidine groups is 1. The van der Waals surface area contributed by atoms with E-state index < -0.39 is 11.9 Å². The Morgan fingerprint density at radius 3 is 2.84 bits per heavy atom. The molecule has 5 N–H and O–H groups in total. The van der Waals surface area contributed by atoms with Gasteiger partial charge in [-0.05, 0) is 25.0 Å². The fourth-order valence-electron chi connectivity index (χ4n) is 2.91. The third-order valence-corrected chi connectivity index (χ3v) is 4.03. The van der Waals surface area contributed by atoms with Gasteiger partial charge in [-0.1, -0.05) is 6.07 Å². The number of carbonyl (C=O) groups excluding carboxylic acids is 1. The number of carbonyl (C=O) groups is 2. The van der Waals surface area contributed by atoms with E-state index in [1.165, 1.54) is 0 Å². The molecule has 0 fully saturated rings. The van der Waals surface area contributed by atoms with Gasteiger partial charge in [-0.2, -0.15) is 0 Å². The lowest BCUT2D eigenvalue weighted by Crippen LogP contribution is -2.42. The number of ether oxygens (including phenoxy) is 1. The number of benzene rings is 1. The molecule has 0 bridgehead atoms. The molecule has 1 aromatic carbocycles. The molecule has 8 nitrogen and oxygen atoms in total. The zero-order chi connectivity index (χ0) is 18.4. The Bertz CT molecular complexity index is 671. The van der Waals surface area contributed by atoms with Crippen molar-refractivity contribution in [2.45, 2.75) is 26.2 Å². The summed E-state index contributed by atoms with van der Waals surface area (Å²) in [7, 11) is 0. The average Bonchev–Trinajstić information content (AvgIpc) is 2.55. The lowest BCUT2D eigenvalue weighted by molar-refractivity contribution is -0.140. The van der Waals surface area contributed by atoms with Gasteiger partial charge in [0, 0.05) is 25.6 Å². The van der Waals surface area contributed by atoms with Gasteiger partial charge < -0.3 is 26.2 Å². The van der Waals surface area contributed by atoms with Crippen molar-refractivity contribution in [3.05, 3.63) is 23.8 Å². The molecule has 1 aliphatic heterocycles. The van der Waals surface area contributed by atoms with E-state index >= 15 is 0 Å². The largest absolute Gasteiger partial charge is 0.493 e. The van der Waals surface area contributed by atoms with Crippen molar-refractivity contribution in [3.63, 3.8) is 0 Å². The average molecular weight is 348 g/mol. The van der Waals surface area contributed by atoms with Crippen molar-refractivity contribution in [1.82, 2.24) is 0 Å². The molecule has 1 aromatic rings. The Morgan fingerprint density at radius 2 is 2.20 bits per heavy atom. The first-order valence-corrected chi connectivity index (χ1v) is 8.26. The van der Waals surface area contributed by atoms with Crippen molar-refractivity contribution in [1.29, 1.82) is 0 Å². The van der Waals surface area contributed by atoms with E-state index in [-0.39, 0.29) is 18.3 Å². The van der Waals surface area contributed by atoms with Crippen LogP contribution < -0.4 is 21.1 Å². The molecule has 2 rings (SSSR count). The summed E-state index contributed by atoms with van der Waals surface area (Å²) >= 11 is 0. The Kier molecular flexibility index (Phi) is 6.21. The lowest BCUT2D eigenvalue weighted by atomic mass is 9.89. The second-order valence-electron chi connectivity index (χ2n) is 5.88. The van der Waals surface area contributed by atoms with E-state index in [9.17, 15) is 9.59 Å². The van der Waals surface area contributed by atoms with Crippen molar-refractivity contribution in [3.8, 4) is 5.75 Å². The number of hydrogen-bond donors (Lipinski definition) is 3. The zero-order valence-corrected chi connectivity index (χ0v) is 14.3. The van der Waals surface area contributed by atoms with Gasteiger partial charge in [0.05, 0.1) is 24.6 Å². The first-order chi connectivity index (χ1) is 11.9. The number of carboxylic acid groups (broad SMARTS) is 1. The molecule has 0 aromatic heterocycles. The fourth-order valence-corrected chi connectivity index (χ4v) is 2.91. The summed E-state index contributed by atoms with van der Waals surface area (Å²) in [6.07, 6.45) is 0.950. The number of aliphatic carboxylic acids is 1. The zero-order valence-electron chi connectivity index (χ0n) is 14.3. The molecular weight excluding hydrogens is 324 g/mol. The quantitative estimate of drug-likeness (QED) is 0.360. The SMILES string of the molecule is CCN1C(=O)C(CC(=O)O)Cc2ccc(OCCCN=C(N)N)cc21. The summed E-state index contributed by atoms with van der Waals surface area (Å²) in [5, 5.41) is 8.99. The predicted molar refractivity (Wildman–Crippen MR) is 94.7 cm³/mol. The first-order valence-electron chi connectivity index (χ1n) is 8.26. The molecule has 0 saturated carbocycles. The summed E-state index contributed by atoms with van der Waals surface area (Å²) in [4.78, 5) is 29.0. The highest BCUT2D eigenvalue weighted by Gasteiger charge is 2.33. The maximum absolute atomic E-state index is 12.5. The van der Waals surface area contributed by atoms with Gasteiger partial charge >= 0.3 is 5.97 Å². The normalized spacial score (nSPS) is 16.3. The highest BCUT2D eigenvalue weighted by atomic mass is 16.5. The fraction of sp³-hybridized carbons (Fsp3) is 0.471. The smallest absolute Gasteiger partial charge is 0.304 e. The van der Waals surface area contributed by atoms with Crippen LogP contribution >= 0.6 is 0 Å². The van der Waals surface area contributed by atoms with Gasteiger partial charge in [-0.25, -0.2) is 0 Å². The van der Waals surface area contributed by atoms with Gasteiger partial charge in [0.15, 0.2) is 5.96 Å². The number of rotatable bonds is 8. The van der Waals surface area contributed by atoms with E-state index in [0.717, 1.165) is 11.3 Å². The summed E-state index contributed by atoms with van der Waals surface area (Å²) in [5.41, 5.74) is 12.3. The second-order valence-corrected chi connectivity index (χ2v) is 5.88. The van der Waals surface area contributed by atoms with Crippen LogP contribution in [-0.4, -0.2) is 42.6 Å². The van der Waals surface area contributed by atoms with Crippen molar-refractivity contribution < 1.29 is 19.4 Å². The van der Waals surface area contributed by atoms with Crippen LogP contribution in [0, 0.1) is 5.92 Å². The highest BCUT2D eigenvalue weighted by Crippen LogP contribution is 2.34. The van der Waals surface area contributed by atoms with Gasteiger partial charge in [0.25, 0.3) is 0 Å². The van der Waals surface area contributed by atoms with E-state index in [2.05, 4.69) is 4.99 Å². The molecule has 0 radical (unpaired) electrons. The molecular formula is C17H24N4O4. The molecule has 1 aliphatic rings. The van der Waals surface area contributed by atoms with Crippen LogP contribution in [0.3, 0.4) is 0 Å². The van der Waals surface area contributed by atoms with E-state index in [4.69, 9.17) is 21.3 Å². The van der Waals surface area contributed by atoms with Crippen LogP contribution in [0.1, 0.15) is 25.3 Å². The van der Waals surface area contributed by atoms with Crippen LogP contribution in [-0.2, 0) is 16.0 Å². The van der Waals surface area contributed by atoms with Crippen molar-refractivity contribution in [2.24, 2.45) is 22.4 Å². The number of aliphatic imine (C=N–C) groups is 1.